The molecule has 14 heteroatoms. The zero-order valence-electron chi connectivity index (χ0n) is 25.5. The molecule has 6 rings (SSSR count). The minimum atomic E-state index is -3.33. The van der Waals surface area contributed by atoms with Crippen LogP contribution in [0.3, 0.4) is 0 Å². The number of benzene rings is 2. The van der Waals surface area contributed by atoms with E-state index in [4.69, 9.17) is 14.6 Å². The highest BCUT2D eigenvalue weighted by molar-refractivity contribution is 5.76. The Balaban J connectivity index is 1.09. The standard InChI is InChI=1S/C32H36F2N8O4/c1-21-16-40(26-17-45-18-26)11-12-42(21)25-5-3-24(4-6-25)38-31-37-20-36-30(39-31)22-2-7-27(23(14-22)15-35)46-28-8-10-41(19-32(28,33)34)29(44)9-13-43/h2-7,14,20-21,26,28,43H,8-13,16-19H2,1H3,(H,36,37,38,39). The summed E-state index contributed by atoms with van der Waals surface area (Å²) in [5.41, 5.74) is 2.48. The van der Waals surface area contributed by atoms with Crippen LogP contribution in [0.1, 0.15) is 25.3 Å². The number of likely N-dealkylation sites (tertiary alicyclic amines) is 1. The molecule has 0 aliphatic carbocycles. The molecule has 4 heterocycles. The number of hydrogen-bond acceptors (Lipinski definition) is 11. The summed E-state index contributed by atoms with van der Waals surface area (Å²) in [6.07, 6.45) is -0.489. The monoisotopic (exact) mass is 634 g/mol. The SMILES string of the molecule is CC1CN(C2COC2)CCN1c1ccc(Nc2ncnc(-c3ccc(OC4CCN(C(=O)CCO)CC4(F)F)c(C#N)c3)n2)cc1. The Kier molecular flexibility index (Phi) is 9.25. The summed E-state index contributed by atoms with van der Waals surface area (Å²) in [5, 5.41) is 21.9. The van der Waals surface area contributed by atoms with E-state index in [-0.39, 0.29) is 30.7 Å². The first-order valence-electron chi connectivity index (χ1n) is 15.4. The molecule has 3 fully saturated rings. The van der Waals surface area contributed by atoms with Crippen LogP contribution in [0.5, 0.6) is 5.75 Å². The molecule has 242 valence electrons. The topological polar surface area (TPSA) is 140 Å². The van der Waals surface area contributed by atoms with Crippen LogP contribution in [0.15, 0.2) is 48.8 Å². The van der Waals surface area contributed by atoms with Crippen LogP contribution in [-0.2, 0) is 9.53 Å². The maximum atomic E-state index is 14.9. The van der Waals surface area contributed by atoms with Crippen molar-refractivity contribution in [1.29, 1.82) is 5.26 Å². The molecule has 0 saturated carbocycles. The van der Waals surface area contributed by atoms with Gasteiger partial charge in [0.15, 0.2) is 11.9 Å². The molecule has 3 aliphatic heterocycles. The van der Waals surface area contributed by atoms with Crippen LogP contribution in [0, 0.1) is 11.3 Å². The van der Waals surface area contributed by atoms with E-state index in [9.17, 15) is 18.8 Å². The lowest BCUT2D eigenvalue weighted by molar-refractivity contribution is -0.160. The van der Waals surface area contributed by atoms with Crippen molar-refractivity contribution in [2.45, 2.75) is 43.9 Å². The smallest absolute Gasteiger partial charge is 0.301 e. The van der Waals surface area contributed by atoms with Gasteiger partial charge in [-0.05, 0) is 49.4 Å². The third kappa shape index (κ3) is 6.86. The lowest BCUT2D eigenvalue weighted by Gasteiger charge is -2.46. The minimum Gasteiger partial charge on any atom is -0.483 e. The zero-order chi connectivity index (χ0) is 32.3. The number of alkyl halides is 2. The highest BCUT2D eigenvalue weighted by atomic mass is 19.3. The van der Waals surface area contributed by atoms with Crippen LogP contribution in [-0.4, -0.2) is 112 Å². The van der Waals surface area contributed by atoms with Gasteiger partial charge in [-0.2, -0.15) is 10.2 Å². The number of aliphatic hydroxyl groups is 1. The van der Waals surface area contributed by atoms with Crippen LogP contribution in [0.25, 0.3) is 11.4 Å². The quantitative estimate of drug-likeness (QED) is 0.359. The Morgan fingerprint density at radius 1 is 1.17 bits per heavy atom. The van der Waals surface area contributed by atoms with E-state index in [1.165, 1.54) is 18.5 Å². The molecule has 46 heavy (non-hydrogen) atoms. The van der Waals surface area contributed by atoms with E-state index in [1.54, 1.807) is 6.07 Å². The number of halogens is 2. The minimum absolute atomic E-state index is 0.00587. The number of carbonyl (C=O) groups is 1. The third-order valence-electron chi connectivity index (χ3n) is 8.66. The first-order chi connectivity index (χ1) is 22.2. The number of piperazine rings is 1. The van der Waals surface area contributed by atoms with Gasteiger partial charge in [-0.15, -0.1) is 0 Å². The Bertz CT molecular complexity index is 1580. The van der Waals surface area contributed by atoms with Crippen molar-refractivity contribution < 1.29 is 28.2 Å². The van der Waals surface area contributed by atoms with Crippen molar-refractivity contribution in [2.75, 3.05) is 62.8 Å². The number of aliphatic hydroxyl groups excluding tert-OH is 1. The highest BCUT2D eigenvalue weighted by Crippen LogP contribution is 2.34. The molecule has 1 aromatic heterocycles. The molecule has 0 radical (unpaired) electrons. The van der Waals surface area contributed by atoms with Gasteiger partial charge in [0.2, 0.25) is 11.9 Å². The van der Waals surface area contributed by atoms with Crippen molar-refractivity contribution in [1.82, 2.24) is 24.8 Å². The fourth-order valence-corrected chi connectivity index (χ4v) is 6.04. The number of amides is 1. The van der Waals surface area contributed by atoms with Crippen molar-refractivity contribution >= 4 is 23.2 Å². The van der Waals surface area contributed by atoms with Crippen molar-refractivity contribution in [3.63, 3.8) is 0 Å². The highest BCUT2D eigenvalue weighted by Gasteiger charge is 2.47. The van der Waals surface area contributed by atoms with Gasteiger partial charge in [0.1, 0.15) is 18.1 Å². The second-order valence-corrected chi connectivity index (χ2v) is 11.8. The number of ether oxygens (including phenoxy) is 2. The van der Waals surface area contributed by atoms with Gasteiger partial charge >= 0.3 is 5.92 Å². The Labute approximate surface area is 265 Å². The van der Waals surface area contributed by atoms with Crippen molar-refractivity contribution in [3.8, 4) is 23.2 Å². The predicted molar refractivity (Wildman–Crippen MR) is 165 cm³/mol. The van der Waals surface area contributed by atoms with E-state index >= 15 is 0 Å². The van der Waals surface area contributed by atoms with Gasteiger partial charge in [0.25, 0.3) is 0 Å². The largest absolute Gasteiger partial charge is 0.483 e. The second kappa shape index (κ2) is 13.5. The number of rotatable bonds is 9. The van der Waals surface area contributed by atoms with Crippen molar-refractivity contribution in [3.05, 3.63) is 54.4 Å². The summed E-state index contributed by atoms with van der Waals surface area (Å²) in [4.78, 5) is 30.9. The van der Waals surface area contributed by atoms with Gasteiger partial charge in [0.05, 0.1) is 38.0 Å². The number of carbonyl (C=O) groups excluding carboxylic acids is 1. The van der Waals surface area contributed by atoms with Crippen LogP contribution in [0.4, 0.5) is 26.1 Å². The summed E-state index contributed by atoms with van der Waals surface area (Å²) in [5.74, 6) is -3.26. The molecular formula is C32H36F2N8O4. The Morgan fingerprint density at radius 2 is 1.98 bits per heavy atom. The number of hydrogen-bond donors (Lipinski definition) is 2. The Morgan fingerprint density at radius 3 is 2.65 bits per heavy atom. The van der Waals surface area contributed by atoms with Gasteiger partial charge in [-0.1, -0.05) is 0 Å². The van der Waals surface area contributed by atoms with E-state index in [1.807, 2.05) is 18.2 Å². The maximum absolute atomic E-state index is 14.9. The lowest BCUT2D eigenvalue weighted by atomic mass is 10.0. The summed E-state index contributed by atoms with van der Waals surface area (Å²) < 4.78 is 40.8. The molecule has 2 atom stereocenters. The molecule has 12 nitrogen and oxygen atoms in total. The fourth-order valence-electron chi connectivity index (χ4n) is 6.04. The first kappa shape index (κ1) is 31.5. The van der Waals surface area contributed by atoms with Gasteiger partial charge in [-0.25, -0.2) is 18.7 Å². The molecular weight excluding hydrogens is 598 g/mol. The van der Waals surface area contributed by atoms with Crippen LogP contribution < -0.4 is 15.0 Å². The molecule has 1 amide bonds. The molecule has 3 aromatic rings. The average Bonchev–Trinajstić information content (AvgIpc) is 3.02. The number of aromatic nitrogens is 3. The van der Waals surface area contributed by atoms with E-state index in [2.05, 4.69) is 49.1 Å². The number of piperidine rings is 1. The van der Waals surface area contributed by atoms with Gasteiger partial charge in [0, 0.05) is 62.0 Å². The van der Waals surface area contributed by atoms with E-state index in [0.29, 0.717) is 29.4 Å². The summed E-state index contributed by atoms with van der Waals surface area (Å²) >= 11 is 0. The molecule has 3 aliphatic rings. The van der Waals surface area contributed by atoms with Crippen molar-refractivity contribution in [2.24, 2.45) is 0 Å². The molecule has 2 aromatic carbocycles. The number of nitrogens with zero attached hydrogens (tertiary/aromatic N) is 7. The van der Waals surface area contributed by atoms with Crippen LogP contribution >= 0.6 is 0 Å². The summed E-state index contributed by atoms with van der Waals surface area (Å²) in [6.45, 7) is 5.69. The zero-order valence-corrected chi connectivity index (χ0v) is 25.5. The summed E-state index contributed by atoms with van der Waals surface area (Å²) in [7, 11) is 0. The Hall–Kier alpha value is -4.45. The van der Waals surface area contributed by atoms with Crippen LogP contribution in [0.2, 0.25) is 0 Å². The average molecular weight is 635 g/mol. The maximum Gasteiger partial charge on any atom is 0.301 e. The summed E-state index contributed by atoms with van der Waals surface area (Å²) in [6, 6.07) is 15.5. The molecule has 2 N–H and O–H groups in total. The van der Waals surface area contributed by atoms with Gasteiger partial charge < -0.3 is 29.7 Å². The van der Waals surface area contributed by atoms with Gasteiger partial charge in [-0.3, -0.25) is 9.69 Å². The number of nitrogens with one attached hydrogen (secondary N) is 1. The molecule has 2 unspecified atom stereocenters. The molecule has 3 saturated heterocycles. The normalized spacial score (nSPS) is 21.7. The van der Waals surface area contributed by atoms with E-state index < -0.39 is 31.1 Å². The van der Waals surface area contributed by atoms with E-state index in [0.717, 1.165) is 49.1 Å². The first-order valence-corrected chi connectivity index (χ1v) is 15.4. The third-order valence-corrected chi connectivity index (χ3v) is 8.66. The number of anilines is 3. The predicted octanol–water partition coefficient (Wildman–Crippen LogP) is 3.06. The second-order valence-electron chi connectivity index (χ2n) is 11.8. The molecule has 0 bridgehead atoms. The number of nitriles is 1. The lowest BCUT2D eigenvalue weighted by Crippen LogP contribution is -2.59. The molecule has 0 spiro atoms. The fraction of sp³-hybridized carbons (Fsp3) is 0.469.